The topological polar surface area (TPSA) is 21.6 Å². The third kappa shape index (κ3) is 2.06. The summed E-state index contributed by atoms with van der Waals surface area (Å²) in [6, 6.07) is 20.9. The first-order chi connectivity index (χ1) is 10.4. The number of hydrogen-bond donors (Lipinski definition) is 0. The van der Waals surface area contributed by atoms with Gasteiger partial charge in [-0.05, 0) is 37.0 Å². The molecule has 0 spiro atoms. The summed E-state index contributed by atoms with van der Waals surface area (Å²) in [6.45, 7) is 0. The highest BCUT2D eigenvalue weighted by atomic mass is 16.5. The van der Waals surface area contributed by atoms with E-state index in [1.54, 1.807) is 0 Å². The lowest BCUT2D eigenvalue weighted by Crippen LogP contribution is -2.38. The predicted molar refractivity (Wildman–Crippen MR) is 84.4 cm³/mol. The van der Waals surface area contributed by atoms with Gasteiger partial charge < -0.3 is 4.74 Å². The molecule has 0 aromatic heterocycles. The summed E-state index contributed by atoms with van der Waals surface area (Å²) in [4.78, 5) is 5.08. The lowest BCUT2D eigenvalue weighted by atomic mass is 9.75. The highest BCUT2D eigenvalue weighted by Crippen LogP contribution is 2.46. The van der Waals surface area contributed by atoms with E-state index >= 15 is 0 Å². The third-order valence-electron chi connectivity index (χ3n) is 4.66. The van der Waals surface area contributed by atoms with Gasteiger partial charge in [-0.3, -0.25) is 0 Å². The fourth-order valence-corrected chi connectivity index (χ4v) is 3.59. The second-order valence-electron chi connectivity index (χ2n) is 5.93. The van der Waals surface area contributed by atoms with Crippen molar-refractivity contribution in [3.05, 3.63) is 71.8 Å². The number of hydrogen-bond acceptors (Lipinski definition) is 2. The lowest BCUT2D eigenvalue weighted by Gasteiger charge is -2.35. The van der Waals surface area contributed by atoms with Gasteiger partial charge in [-0.2, -0.15) is 0 Å². The molecule has 1 aliphatic heterocycles. The van der Waals surface area contributed by atoms with Crippen molar-refractivity contribution >= 4 is 5.90 Å². The molecule has 2 aliphatic rings. The Bertz CT molecular complexity index is 650. The molecule has 1 heterocycles. The monoisotopic (exact) mass is 277 g/mol. The van der Waals surface area contributed by atoms with E-state index in [0.717, 1.165) is 24.3 Å². The van der Waals surface area contributed by atoms with E-state index in [0.29, 0.717) is 0 Å². The van der Waals surface area contributed by atoms with Crippen molar-refractivity contribution in [2.24, 2.45) is 4.99 Å². The zero-order valence-electron chi connectivity index (χ0n) is 12.0. The molecule has 0 saturated heterocycles. The van der Waals surface area contributed by atoms with Crippen LogP contribution in [0.3, 0.4) is 0 Å². The largest absolute Gasteiger partial charge is 0.471 e. The molecule has 2 aromatic rings. The molecule has 1 aliphatic carbocycles. The molecule has 0 radical (unpaired) electrons. The van der Waals surface area contributed by atoms with Gasteiger partial charge in [0.1, 0.15) is 11.6 Å². The molecule has 1 saturated carbocycles. The standard InChI is InChI=1S/C19H19NO/c1-3-9-15(10-4-1)18-20-19(16-11-5-2-6-12-16)14-8-7-13-17(19)21-18/h1-6,9-12,17H,7-8,13-14H2/t17-,19-/m0/s1. The summed E-state index contributed by atoms with van der Waals surface area (Å²) in [5.41, 5.74) is 2.20. The van der Waals surface area contributed by atoms with Crippen molar-refractivity contribution in [2.45, 2.75) is 37.3 Å². The number of fused-ring (bicyclic) bond motifs is 1. The second-order valence-corrected chi connectivity index (χ2v) is 5.93. The Morgan fingerprint density at radius 3 is 2.38 bits per heavy atom. The molecule has 4 rings (SSSR count). The maximum atomic E-state index is 6.26. The molecule has 2 aromatic carbocycles. The zero-order valence-corrected chi connectivity index (χ0v) is 12.0. The van der Waals surface area contributed by atoms with Gasteiger partial charge >= 0.3 is 0 Å². The van der Waals surface area contributed by atoms with Crippen molar-refractivity contribution in [3.63, 3.8) is 0 Å². The van der Waals surface area contributed by atoms with E-state index in [1.165, 1.54) is 18.4 Å². The number of nitrogens with zero attached hydrogens (tertiary/aromatic N) is 1. The third-order valence-corrected chi connectivity index (χ3v) is 4.66. The fraction of sp³-hybridized carbons (Fsp3) is 0.316. The van der Waals surface area contributed by atoms with Gasteiger partial charge in [-0.25, -0.2) is 4.99 Å². The fourth-order valence-electron chi connectivity index (χ4n) is 3.59. The highest BCUT2D eigenvalue weighted by Gasteiger charge is 2.48. The highest BCUT2D eigenvalue weighted by molar-refractivity contribution is 5.95. The molecule has 2 heteroatoms. The van der Waals surface area contributed by atoms with Crippen LogP contribution in [0, 0.1) is 0 Å². The van der Waals surface area contributed by atoms with Crippen molar-refractivity contribution in [2.75, 3.05) is 0 Å². The van der Waals surface area contributed by atoms with Gasteiger partial charge in [0.25, 0.3) is 0 Å². The van der Waals surface area contributed by atoms with Gasteiger partial charge in [0.2, 0.25) is 5.90 Å². The average Bonchev–Trinajstić information content (AvgIpc) is 2.97. The maximum Gasteiger partial charge on any atom is 0.217 e. The molecule has 0 unspecified atom stereocenters. The van der Waals surface area contributed by atoms with Crippen LogP contribution in [0.1, 0.15) is 36.8 Å². The van der Waals surface area contributed by atoms with Crippen molar-refractivity contribution in [1.82, 2.24) is 0 Å². The Morgan fingerprint density at radius 1 is 0.905 bits per heavy atom. The van der Waals surface area contributed by atoms with Gasteiger partial charge in [-0.1, -0.05) is 55.0 Å². The van der Waals surface area contributed by atoms with Crippen LogP contribution in [0.25, 0.3) is 0 Å². The molecule has 0 bridgehead atoms. The summed E-state index contributed by atoms with van der Waals surface area (Å²) in [5, 5.41) is 0. The Labute approximate surface area is 125 Å². The normalized spacial score (nSPS) is 27.6. The summed E-state index contributed by atoms with van der Waals surface area (Å²) < 4.78 is 6.26. The Balaban J connectivity index is 1.80. The Hall–Kier alpha value is -2.09. The Morgan fingerprint density at radius 2 is 1.62 bits per heavy atom. The average molecular weight is 277 g/mol. The van der Waals surface area contributed by atoms with Crippen LogP contribution in [0.4, 0.5) is 0 Å². The first-order valence-electron chi connectivity index (χ1n) is 7.76. The van der Waals surface area contributed by atoms with Crippen LogP contribution in [-0.2, 0) is 10.3 Å². The summed E-state index contributed by atoms with van der Waals surface area (Å²) >= 11 is 0. The minimum absolute atomic E-state index is 0.176. The minimum Gasteiger partial charge on any atom is -0.471 e. The number of benzene rings is 2. The van der Waals surface area contributed by atoms with Crippen LogP contribution in [0.2, 0.25) is 0 Å². The van der Waals surface area contributed by atoms with Crippen molar-refractivity contribution in [1.29, 1.82) is 0 Å². The number of ether oxygens (including phenoxy) is 1. The van der Waals surface area contributed by atoms with Crippen molar-refractivity contribution < 1.29 is 4.74 Å². The maximum absolute atomic E-state index is 6.26. The van der Waals surface area contributed by atoms with Gasteiger partial charge in [0.15, 0.2) is 0 Å². The molecule has 106 valence electrons. The van der Waals surface area contributed by atoms with Crippen LogP contribution < -0.4 is 0 Å². The molecular formula is C19H19NO. The molecule has 1 fully saturated rings. The number of aliphatic imine (C=N–C) groups is 1. The van der Waals surface area contributed by atoms with Crippen molar-refractivity contribution in [3.8, 4) is 0 Å². The minimum atomic E-state index is -0.176. The molecule has 2 nitrogen and oxygen atoms in total. The first-order valence-corrected chi connectivity index (χ1v) is 7.76. The summed E-state index contributed by atoms with van der Waals surface area (Å²) in [6.07, 6.45) is 4.81. The van der Waals surface area contributed by atoms with Crippen LogP contribution in [-0.4, -0.2) is 12.0 Å². The first kappa shape index (κ1) is 12.6. The predicted octanol–water partition coefficient (Wildman–Crippen LogP) is 4.30. The molecule has 21 heavy (non-hydrogen) atoms. The molecule has 2 atom stereocenters. The molecular weight excluding hydrogens is 258 g/mol. The van der Waals surface area contributed by atoms with E-state index < -0.39 is 0 Å². The summed E-state index contributed by atoms with van der Waals surface area (Å²) in [7, 11) is 0. The Kier molecular flexibility index (Phi) is 3.03. The van der Waals surface area contributed by atoms with Gasteiger partial charge in [0.05, 0.1) is 0 Å². The van der Waals surface area contributed by atoms with E-state index in [4.69, 9.17) is 9.73 Å². The van der Waals surface area contributed by atoms with Gasteiger partial charge in [-0.15, -0.1) is 0 Å². The van der Waals surface area contributed by atoms with Crippen LogP contribution in [0.5, 0.6) is 0 Å². The zero-order chi connectivity index (χ0) is 14.1. The van der Waals surface area contributed by atoms with E-state index in [2.05, 4.69) is 42.5 Å². The van der Waals surface area contributed by atoms with E-state index in [-0.39, 0.29) is 11.6 Å². The van der Waals surface area contributed by atoms with Crippen LogP contribution in [0.15, 0.2) is 65.7 Å². The second kappa shape index (κ2) is 5.03. The SMILES string of the molecule is c1ccc(C2=N[C@]3(c4ccccc4)CCCC[C@@H]3O2)cc1. The lowest BCUT2D eigenvalue weighted by molar-refractivity contribution is 0.0922. The summed E-state index contributed by atoms with van der Waals surface area (Å²) in [5.74, 6) is 0.811. The van der Waals surface area contributed by atoms with Crippen LogP contribution >= 0.6 is 0 Å². The molecule has 0 amide bonds. The van der Waals surface area contributed by atoms with E-state index in [9.17, 15) is 0 Å². The number of rotatable bonds is 2. The smallest absolute Gasteiger partial charge is 0.217 e. The quantitative estimate of drug-likeness (QED) is 0.802. The molecule has 0 N–H and O–H groups in total. The van der Waals surface area contributed by atoms with E-state index in [1.807, 2.05) is 18.2 Å². The van der Waals surface area contributed by atoms with Gasteiger partial charge in [0, 0.05) is 5.56 Å².